The minimum atomic E-state index is -0.117. The maximum absolute atomic E-state index is 12.5. The van der Waals surface area contributed by atoms with E-state index in [2.05, 4.69) is 15.9 Å². The number of benzene rings is 2. The topological polar surface area (TPSA) is 57.2 Å². The summed E-state index contributed by atoms with van der Waals surface area (Å²) >= 11 is 3.37. The molecule has 0 spiro atoms. The van der Waals surface area contributed by atoms with Crippen molar-refractivity contribution in [1.29, 1.82) is 0 Å². The zero-order valence-electron chi connectivity index (χ0n) is 13.7. The highest BCUT2D eigenvalue weighted by molar-refractivity contribution is 9.10. The third kappa shape index (κ3) is 4.38. The predicted octanol–water partition coefficient (Wildman–Crippen LogP) is 3.70. The van der Waals surface area contributed by atoms with Gasteiger partial charge in [-0.3, -0.25) is 4.79 Å². The summed E-state index contributed by atoms with van der Waals surface area (Å²) in [4.78, 5) is 12.5. The van der Waals surface area contributed by atoms with Crippen LogP contribution in [0.1, 0.15) is 16.7 Å². The van der Waals surface area contributed by atoms with E-state index in [4.69, 9.17) is 10.5 Å². The number of ether oxygens (including phenoxy) is 1. The third-order valence-corrected chi connectivity index (χ3v) is 4.65. The van der Waals surface area contributed by atoms with Gasteiger partial charge < -0.3 is 15.0 Å². The second-order valence-corrected chi connectivity index (χ2v) is 6.51. The molecule has 128 valence electrons. The van der Waals surface area contributed by atoms with E-state index in [1.807, 2.05) is 60.7 Å². The van der Waals surface area contributed by atoms with Gasteiger partial charge in [-0.05, 0) is 38.7 Å². The molecule has 0 aliphatic heterocycles. The van der Waals surface area contributed by atoms with Crippen LogP contribution in [0.2, 0.25) is 0 Å². The Morgan fingerprint density at radius 2 is 1.60 bits per heavy atom. The molecule has 3 rings (SSSR count). The maximum atomic E-state index is 12.5. The van der Waals surface area contributed by atoms with Crippen molar-refractivity contribution in [3.05, 3.63) is 98.4 Å². The highest BCUT2D eigenvalue weighted by atomic mass is 79.9. The van der Waals surface area contributed by atoms with Crippen molar-refractivity contribution in [2.75, 3.05) is 0 Å². The fourth-order valence-corrected chi connectivity index (χ4v) is 2.95. The Balaban J connectivity index is 1.74. The van der Waals surface area contributed by atoms with Crippen LogP contribution in [0.3, 0.4) is 0 Å². The molecule has 5 heteroatoms. The van der Waals surface area contributed by atoms with Crippen molar-refractivity contribution < 1.29 is 4.74 Å². The highest BCUT2D eigenvalue weighted by Crippen LogP contribution is 2.21. The van der Waals surface area contributed by atoms with E-state index in [9.17, 15) is 4.79 Å². The fourth-order valence-electron chi connectivity index (χ4n) is 2.48. The van der Waals surface area contributed by atoms with Crippen LogP contribution in [-0.2, 0) is 19.7 Å². The van der Waals surface area contributed by atoms with Crippen molar-refractivity contribution in [3.63, 3.8) is 0 Å². The lowest BCUT2D eigenvalue weighted by atomic mass is 10.1. The van der Waals surface area contributed by atoms with Gasteiger partial charge in [-0.25, -0.2) is 0 Å². The lowest BCUT2D eigenvalue weighted by Gasteiger charge is -2.11. The summed E-state index contributed by atoms with van der Waals surface area (Å²) in [5, 5.41) is 0. The summed E-state index contributed by atoms with van der Waals surface area (Å²) < 4.78 is 7.85. The van der Waals surface area contributed by atoms with Crippen LogP contribution in [-0.4, -0.2) is 4.57 Å². The molecular formula is C20H19BrN2O2. The Labute approximate surface area is 155 Å². The number of nitrogens with zero attached hydrogens (tertiary/aromatic N) is 1. The summed E-state index contributed by atoms with van der Waals surface area (Å²) in [5.74, 6) is 0.545. The molecule has 0 fully saturated rings. The summed E-state index contributed by atoms with van der Waals surface area (Å²) in [6, 6.07) is 19.6. The minimum Gasteiger partial charge on any atom is -0.487 e. The number of hydrogen-bond acceptors (Lipinski definition) is 3. The zero-order chi connectivity index (χ0) is 17.6. The van der Waals surface area contributed by atoms with E-state index in [1.54, 1.807) is 10.8 Å². The van der Waals surface area contributed by atoms with E-state index in [0.717, 1.165) is 16.7 Å². The van der Waals surface area contributed by atoms with Crippen molar-refractivity contribution in [1.82, 2.24) is 4.57 Å². The lowest BCUT2D eigenvalue weighted by molar-refractivity contribution is 0.302. The van der Waals surface area contributed by atoms with Gasteiger partial charge in [-0.15, -0.1) is 0 Å². The summed E-state index contributed by atoms with van der Waals surface area (Å²) in [7, 11) is 0. The lowest BCUT2D eigenvalue weighted by Crippen LogP contribution is -2.21. The van der Waals surface area contributed by atoms with Gasteiger partial charge in [-0.1, -0.05) is 54.6 Å². The van der Waals surface area contributed by atoms with Crippen LogP contribution in [0.25, 0.3) is 0 Å². The average molecular weight is 399 g/mol. The number of rotatable bonds is 6. The Bertz CT molecular complexity index is 890. The summed E-state index contributed by atoms with van der Waals surface area (Å²) in [6.45, 7) is 1.43. The third-order valence-electron chi connectivity index (χ3n) is 3.92. The molecule has 0 saturated carbocycles. The first-order valence-electron chi connectivity index (χ1n) is 8.01. The van der Waals surface area contributed by atoms with Crippen LogP contribution < -0.4 is 16.0 Å². The molecule has 2 aromatic carbocycles. The largest absolute Gasteiger partial charge is 0.487 e. The number of pyridine rings is 1. The second kappa shape index (κ2) is 8.14. The molecule has 0 unspecified atom stereocenters. The molecule has 0 saturated heterocycles. The molecule has 0 bridgehead atoms. The summed E-state index contributed by atoms with van der Waals surface area (Å²) in [5.41, 5.74) is 8.66. The second-order valence-electron chi connectivity index (χ2n) is 5.72. The van der Waals surface area contributed by atoms with E-state index < -0.39 is 0 Å². The van der Waals surface area contributed by atoms with Gasteiger partial charge in [0, 0.05) is 12.7 Å². The number of hydrogen-bond donors (Lipinski definition) is 1. The van der Waals surface area contributed by atoms with E-state index >= 15 is 0 Å². The normalized spacial score (nSPS) is 10.6. The molecule has 0 radical (unpaired) electrons. The number of nitrogens with two attached hydrogens (primary N) is 1. The van der Waals surface area contributed by atoms with E-state index in [-0.39, 0.29) is 5.56 Å². The zero-order valence-corrected chi connectivity index (χ0v) is 15.3. The first-order valence-corrected chi connectivity index (χ1v) is 8.80. The molecule has 2 N–H and O–H groups in total. The maximum Gasteiger partial charge on any atom is 0.268 e. The van der Waals surface area contributed by atoms with E-state index in [0.29, 0.717) is 29.9 Å². The Hall–Kier alpha value is -2.37. The summed E-state index contributed by atoms with van der Waals surface area (Å²) in [6.07, 6.45) is 1.75. The first-order chi connectivity index (χ1) is 12.2. The van der Waals surface area contributed by atoms with Gasteiger partial charge in [0.2, 0.25) is 0 Å². The van der Waals surface area contributed by atoms with Gasteiger partial charge in [0.15, 0.2) is 0 Å². The predicted molar refractivity (Wildman–Crippen MR) is 103 cm³/mol. The first kappa shape index (κ1) is 17.5. The van der Waals surface area contributed by atoms with Crippen LogP contribution in [0.5, 0.6) is 5.75 Å². The molecule has 0 aliphatic carbocycles. The Morgan fingerprint density at radius 3 is 2.28 bits per heavy atom. The van der Waals surface area contributed by atoms with Gasteiger partial charge in [0.05, 0.1) is 6.54 Å². The van der Waals surface area contributed by atoms with E-state index in [1.165, 1.54) is 0 Å². The highest BCUT2D eigenvalue weighted by Gasteiger charge is 2.09. The van der Waals surface area contributed by atoms with Gasteiger partial charge in [0.25, 0.3) is 5.56 Å². The van der Waals surface area contributed by atoms with Gasteiger partial charge >= 0.3 is 0 Å². The van der Waals surface area contributed by atoms with Crippen molar-refractivity contribution >= 4 is 15.9 Å². The van der Waals surface area contributed by atoms with Gasteiger partial charge in [0.1, 0.15) is 16.8 Å². The Morgan fingerprint density at radius 1 is 0.920 bits per heavy atom. The standard InChI is InChI=1S/C20H19BrN2O2/c21-19-18(25-14-17-4-2-1-3-5-17)10-11-23(20(19)24)13-16-8-6-15(12-22)7-9-16/h1-11H,12-14,22H2. The molecule has 0 amide bonds. The quantitative estimate of drug-likeness (QED) is 0.688. The minimum absolute atomic E-state index is 0.117. The monoisotopic (exact) mass is 398 g/mol. The van der Waals surface area contributed by atoms with Crippen molar-refractivity contribution in [2.45, 2.75) is 19.7 Å². The molecule has 25 heavy (non-hydrogen) atoms. The number of aromatic nitrogens is 1. The van der Waals surface area contributed by atoms with Crippen LogP contribution in [0, 0.1) is 0 Å². The Kier molecular flexibility index (Phi) is 5.68. The van der Waals surface area contributed by atoms with Crippen LogP contribution in [0.4, 0.5) is 0 Å². The van der Waals surface area contributed by atoms with Crippen molar-refractivity contribution in [2.24, 2.45) is 5.73 Å². The van der Waals surface area contributed by atoms with Gasteiger partial charge in [-0.2, -0.15) is 0 Å². The molecule has 3 aromatic rings. The molecule has 0 atom stereocenters. The molecule has 0 aliphatic rings. The SMILES string of the molecule is NCc1ccc(Cn2ccc(OCc3ccccc3)c(Br)c2=O)cc1. The van der Waals surface area contributed by atoms with Crippen LogP contribution >= 0.6 is 15.9 Å². The number of halogens is 1. The average Bonchev–Trinajstić information content (AvgIpc) is 2.66. The fraction of sp³-hybridized carbons (Fsp3) is 0.150. The smallest absolute Gasteiger partial charge is 0.268 e. The molecule has 1 aromatic heterocycles. The molecule has 4 nitrogen and oxygen atoms in total. The van der Waals surface area contributed by atoms with Crippen molar-refractivity contribution in [3.8, 4) is 5.75 Å². The molecular weight excluding hydrogens is 380 g/mol. The van der Waals surface area contributed by atoms with Crippen LogP contribution in [0.15, 0.2) is 76.1 Å². The molecule has 1 heterocycles.